The van der Waals surface area contributed by atoms with Gasteiger partial charge in [0.05, 0.1) is 0 Å². The van der Waals surface area contributed by atoms with E-state index in [1.807, 2.05) is 13.1 Å². The Balaban J connectivity index is 2.00. The Morgan fingerprint density at radius 3 is 2.63 bits per heavy atom. The molecule has 0 aliphatic heterocycles. The maximum Gasteiger partial charge on any atom is 0.158 e. The van der Waals surface area contributed by atoms with E-state index in [1.54, 1.807) is 7.11 Å². The number of rotatable bonds is 8. The fourth-order valence-corrected chi connectivity index (χ4v) is 2.41. The Kier molecular flexibility index (Phi) is 4.58. The second kappa shape index (κ2) is 6.19. The lowest BCUT2D eigenvalue weighted by molar-refractivity contribution is 0.178. The van der Waals surface area contributed by atoms with Crippen LogP contribution in [-0.2, 0) is 11.3 Å². The zero-order valence-corrected chi connectivity index (χ0v) is 12.1. The van der Waals surface area contributed by atoms with Gasteiger partial charge < -0.3 is 15.4 Å². The molecule has 2 N–H and O–H groups in total. The molecule has 1 saturated carbocycles. The van der Waals surface area contributed by atoms with Crippen molar-refractivity contribution in [1.29, 1.82) is 0 Å². The largest absolute Gasteiger partial charge is 0.377 e. The molecular formula is C14H24N4O. The van der Waals surface area contributed by atoms with Crippen LogP contribution in [0.15, 0.2) is 6.07 Å². The average Bonchev–Trinajstić information content (AvgIpc) is 3.17. The van der Waals surface area contributed by atoms with Crippen LogP contribution in [-0.4, -0.2) is 30.7 Å². The summed E-state index contributed by atoms with van der Waals surface area (Å²) in [4.78, 5) is 8.83. The quantitative estimate of drug-likeness (QED) is 0.756. The molecule has 19 heavy (non-hydrogen) atoms. The molecule has 1 heterocycles. The Bertz CT molecular complexity index is 418. The van der Waals surface area contributed by atoms with E-state index < -0.39 is 0 Å². The molecule has 1 aliphatic rings. The second-order valence-corrected chi connectivity index (χ2v) is 5.34. The van der Waals surface area contributed by atoms with Gasteiger partial charge in [0.1, 0.15) is 18.2 Å². The smallest absolute Gasteiger partial charge is 0.158 e. The number of hydrogen-bond donors (Lipinski definition) is 2. The van der Waals surface area contributed by atoms with Gasteiger partial charge in [0, 0.05) is 26.8 Å². The third-order valence-corrected chi connectivity index (χ3v) is 3.68. The lowest BCUT2D eigenvalue weighted by atomic mass is 10.0. The summed E-state index contributed by atoms with van der Waals surface area (Å²) in [6.45, 7) is 3.69. The van der Waals surface area contributed by atoms with Gasteiger partial charge in [0.15, 0.2) is 5.82 Å². The normalized spacial score (nSPS) is 16.2. The molecule has 0 aromatic carbocycles. The fraction of sp³-hybridized carbons (Fsp3) is 0.714. The standard InChI is InChI=1S/C14H24N4O/c1-4-5-14(6-7-14)10-16-12-8-11(15-2)17-13(18-12)9-19-3/h8H,4-7,9-10H2,1-3H3,(H2,15,16,17,18). The van der Waals surface area contributed by atoms with Gasteiger partial charge in [0.25, 0.3) is 0 Å². The zero-order chi connectivity index (χ0) is 13.7. The molecule has 0 radical (unpaired) electrons. The number of anilines is 2. The summed E-state index contributed by atoms with van der Waals surface area (Å²) >= 11 is 0. The molecule has 0 atom stereocenters. The molecule has 5 nitrogen and oxygen atoms in total. The second-order valence-electron chi connectivity index (χ2n) is 5.34. The third-order valence-electron chi connectivity index (χ3n) is 3.68. The Labute approximate surface area is 115 Å². The van der Waals surface area contributed by atoms with Crippen molar-refractivity contribution in [2.45, 2.75) is 39.2 Å². The highest BCUT2D eigenvalue weighted by Gasteiger charge is 2.41. The molecule has 1 aromatic heterocycles. The lowest BCUT2D eigenvalue weighted by Crippen LogP contribution is -2.17. The number of hydrogen-bond acceptors (Lipinski definition) is 5. The van der Waals surface area contributed by atoms with E-state index >= 15 is 0 Å². The van der Waals surface area contributed by atoms with Gasteiger partial charge in [-0.1, -0.05) is 13.3 Å². The predicted octanol–water partition coefficient (Wildman–Crippen LogP) is 2.66. The van der Waals surface area contributed by atoms with E-state index in [2.05, 4.69) is 27.5 Å². The number of ether oxygens (including phenoxy) is 1. The molecule has 2 rings (SSSR count). The Morgan fingerprint density at radius 1 is 1.32 bits per heavy atom. The van der Waals surface area contributed by atoms with Gasteiger partial charge in [-0.15, -0.1) is 0 Å². The first-order valence-electron chi connectivity index (χ1n) is 7.00. The van der Waals surface area contributed by atoms with E-state index in [-0.39, 0.29) is 0 Å². The van der Waals surface area contributed by atoms with Crippen LogP contribution in [0.1, 0.15) is 38.4 Å². The number of aromatic nitrogens is 2. The maximum atomic E-state index is 5.10. The minimum absolute atomic E-state index is 0.435. The van der Waals surface area contributed by atoms with Crippen molar-refractivity contribution in [1.82, 2.24) is 9.97 Å². The van der Waals surface area contributed by atoms with Crippen molar-refractivity contribution in [3.63, 3.8) is 0 Å². The van der Waals surface area contributed by atoms with Crippen molar-refractivity contribution >= 4 is 11.6 Å². The van der Waals surface area contributed by atoms with Crippen molar-refractivity contribution in [3.8, 4) is 0 Å². The van der Waals surface area contributed by atoms with Gasteiger partial charge in [-0.05, 0) is 24.7 Å². The van der Waals surface area contributed by atoms with Gasteiger partial charge >= 0.3 is 0 Å². The van der Waals surface area contributed by atoms with E-state index in [9.17, 15) is 0 Å². The van der Waals surface area contributed by atoms with Crippen molar-refractivity contribution < 1.29 is 4.74 Å². The molecule has 1 aliphatic carbocycles. The van der Waals surface area contributed by atoms with E-state index in [4.69, 9.17) is 4.74 Å². The zero-order valence-electron chi connectivity index (χ0n) is 12.1. The summed E-state index contributed by atoms with van der Waals surface area (Å²) in [5.41, 5.74) is 0.515. The van der Waals surface area contributed by atoms with Crippen LogP contribution in [0.4, 0.5) is 11.6 Å². The lowest BCUT2D eigenvalue weighted by Gasteiger charge is -2.16. The number of nitrogens with zero attached hydrogens (tertiary/aromatic N) is 2. The highest BCUT2D eigenvalue weighted by Crippen LogP contribution is 2.49. The van der Waals surface area contributed by atoms with Crippen molar-refractivity contribution in [2.75, 3.05) is 31.3 Å². The van der Waals surface area contributed by atoms with Gasteiger partial charge in [-0.25, -0.2) is 9.97 Å². The third kappa shape index (κ3) is 3.80. The van der Waals surface area contributed by atoms with Gasteiger partial charge in [-0.2, -0.15) is 0 Å². The minimum Gasteiger partial charge on any atom is -0.377 e. The van der Waals surface area contributed by atoms with Gasteiger partial charge in [-0.3, -0.25) is 0 Å². The molecule has 0 spiro atoms. The van der Waals surface area contributed by atoms with E-state index in [1.165, 1.54) is 25.7 Å². The number of methoxy groups -OCH3 is 1. The predicted molar refractivity (Wildman–Crippen MR) is 77.4 cm³/mol. The molecule has 0 unspecified atom stereocenters. The highest BCUT2D eigenvalue weighted by atomic mass is 16.5. The monoisotopic (exact) mass is 264 g/mol. The Hall–Kier alpha value is -1.36. The first-order valence-corrected chi connectivity index (χ1v) is 7.00. The van der Waals surface area contributed by atoms with Crippen molar-refractivity contribution in [2.24, 2.45) is 5.41 Å². The maximum absolute atomic E-state index is 5.10. The molecule has 0 bridgehead atoms. The summed E-state index contributed by atoms with van der Waals surface area (Å²) in [5.74, 6) is 2.41. The van der Waals surface area contributed by atoms with Gasteiger partial charge in [0.2, 0.25) is 0 Å². The molecule has 1 aromatic rings. The summed E-state index contributed by atoms with van der Waals surface area (Å²) in [7, 11) is 3.52. The highest BCUT2D eigenvalue weighted by molar-refractivity contribution is 5.47. The average molecular weight is 264 g/mol. The van der Waals surface area contributed by atoms with E-state index in [0.29, 0.717) is 17.8 Å². The Morgan fingerprint density at radius 2 is 2.05 bits per heavy atom. The van der Waals surface area contributed by atoms with Crippen molar-refractivity contribution in [3.05, 3.63) is 11.9 Å². The SMILES string of the molecule is CCCC1(CNc2cc(NC)nc(COC)n2)CC1. The summed E-state index contributed by atoms with van der Waals surface area (Å²) in [6.07, 6.45) is 5.22. The summed E-state index contributed by atoms with van der Waals surface area (Å²) in [5, 5.41) is 6.52. The van der Waals surface area contributed by atoms with Crippen LogP contribution in [0.5, 0.6) is 0 Å². The number of nitrogens with one attached hydrogen (secondary N) is 2. The molecule has 5 heteroatoms. The minimum atomic E-state index is 0.435. The van der Waals surface area contributed by atoms with Crippen LogP contribution in [0, 0.1) is 5.41 Å². The van der Waals surface area contributed by atoms with Crippen LogP contribution < -0.4 is 10.6 Å². The van der Waals surface area contributed by atoms with Crippen LogP contribution >= 0.6 is 0 Å². The van der Waals surface area contributed by atoms with E-state index in [0.717, 1.165) is 18.2 Å². The molecule has 0 amide bonds. The molecule has 106 valence electrons. The van der Waals surface area contributed by atoms with Crippen LogP contribution in [0.25, 0.3) is 0 Å². The topological polar surface area (TPSA) is 59.1 Å². The first-order chi connectivity index (χ1) is 9.21. The summed E-state index contributed by atoms with van der Waals surface area (Å²) in [6, 6.07) is 1.95. The summed E-state index contributed by atoms with van der Waals surface area (Å²) < 4.78 is 5.10. The molecular weight excluding hydrogens is 240 g/mol. The molecule has 0 saturated heterocycles. The fourth-order valence-electron chi connectivity index (χ4n) is 2.41. The van der Waals surface area contributed by atoms with Crippen LogP contribution in [0.2, 0.25) is 0 Å². The molecule has 1 fully saturated rings. The van der Waals surface area contributed by atoms with Crippen LogP contribution in [0.3, 0.4) is 0 Å². The first kappa shape index (κ1) is 14.1.